The molecule has 2 heterocycles. The Kier molecular flexibility index (Phi) is 4.84. The fourth-order valence-electron chi connectivity index (χ4n) is 3.78. The van der Waals surface area contributed by atoms with Crippen molar-refractivity contribution in [1.82, 2.24) is 10.2 Å². The highest BCUT2D eigenvalue weighted by atomic mass is 16.5. The van der Waals surface area contributed by atoms with Crippen LogP contribution in [0.3, 0.4) is 0 Å². The van der Waals surface area contributed by atoms with Crippen LogP contribution in [-0.4, -0.2) is 50.3 Å². The van der Waals surface area contributed by atoms with Gasteiger partial charge >= 0.3 is 0 Å². The maximum absolute atomic E-state index is 5.62. The van der Waals surface area contributed by atoms with E-state index in [4.69, 9.17) is 9.73 Å². The van der Waals surface area contributed by atoms with Crippen LogP contribution >= 0.6 is 0 Å². The van der Waals surface area contributed by atoms with Crippen LogP contribution in [0.25, 0.3) is 0 Å². The van der Waals surface area contributed by atoms with Gasteiger partial charge in [0.05, 0.1) is 6.61 Å². The zero-order valence-electron chi connectivity index (χ0n) is 13.4. The Hall–Kier alpha value is -1.03. The maximum atomic E-state index is 5.62. The third kappa shape index (κ3) is 3.60. The second kappa shape index (κ2) is 6.82. The number of hydrogen-bond donors (Lipinski definition) is 1. The van der Waals surface area contributed by atoms with E-state index in [1.807, 2.05) is 0 Å². The molecule has 4 heteroatoms. The minimum absolute atomic E-state index is 0.407. The van der Waals surface area contributed by atoms with E-state index in [0.29, 0.717) is 5.41 Å². The molecule has 0 radical (unpaired) electrons. The number of guanidine groups is 1. The van der Waals surface area contributed by atoms with Crippen LogP contribution in [0.15, 0.2) is 16.6 Å². The first-order valence-corrected chi connectivity index (χ1v) is 8.60. The van der Waals surface area contributed by atoms with Crippen LogP contribution in [0.2, 0.25) is 0 Å². The summed E-state index contributed by atoms with van der Waals surface area (Å²) >= 11 is 0. The largest absolute Gasteiger partial charge is 0.381 e. The number of rotatable bonds is 4. The summed E-state index contributed by atoms with van der Waals surface area (Å²) in [6.45, 7) is 8.14. The van der Waals surface area contributed by atoms with Crippen molar-refractivity contribution in [3.8, 4) is 0 Å². The van der Waals surface area contributed by atoms with Crippen LogP contribution in [0.5, 0.6) is 0 Å². The Morgan fingerprint density at radius 1 is 1.48 bits per heavy atom. The van der Waals surface area contributed by atoms with E-state index in [1.165, 1.54) is 32.1 Å². The highest BCUT2D eigenvalue weighted by Crippen LogP contribution is 2.38. The number of hydrogen-bond acceptors (Lipinski definition) is 2. The van der Waals surface area contributed by atoms with E-state index in [-0.39, 0.29) is 0 Å². The Morgan fingerprint density at radius 2 is 2.43 bits per heavy atom. The molecule has 2 fully saturated rings. The summed E-state index contributed by atoms with van der Waals surface area (Å²) in [6.07, 6.45) is 9.91. The van der Waals surface area contributed by atoms with Gasteiger partial charge in [-0.05, 0) is 45.4 Å². The first-order chi connectivity index (χ1) is 10.3. The predicted octanol–water partition coefficient (Wildman–Crippen LogP) is 2.56. The van der Waals surface area contributed by atoms with Crippen molar-refractivity contribution in [3.05, 3.63) is 11.6 Å². The van der Waals surface area contributed by atoms with Gasteiger partial charge in [0, 0.05) is 38.2 Å². The molecule has 1 spiro atoms. The van der Waals surface area contributed by atoms with Gasteiger partial charge in [0.2, 0.25) is 0 Å². The Labute approximate surface area is 128 Å². The zero-order chi connectivity index (χ0) is 14.5. The van der Waals surface area contributed by atoms with E-state index in [1.54, 1.807) is 5.57 Å². The van der Waals surface area contributed by atoms with E-state index in [2.05, 4.69) is 23.2 Å². The molecule has 1 atom stereocenters. The summed E-state index contributed by atoms with van der Waals surface area (Å²) in [5, 5.41) is 3.47. The lowest BCUT2D eigenvalue weighted by molar-refractivity contribution is 0.156. The summed E-state index contributed by atoms with van der Waals surface area (Å²) in [5.74, 6) is 1.11. The van der Waals surface area contributed by atoms with E-state index < -0.39 is 0 Å². The molecule has 118 valence electrons. The van der Waals surface area contributed by atoms with Crippen molar-refractivity contribution in [3.63, 3.8) is 0 Å². The molecule has 1 aliphatic carbocycles. The molecular weight excluding hydrogens is 262 g/mol. The van der Waals surface area contributed by atoms with E-state index in [0.717, 1.165) is 51.8 Å². The summed E-state index contributed by atoms with van der Waals surface area (Å²) in [5.41, 5.74) is 2.01. The Morgan fingerprint density at radius 3 is 3.14 bits per heavy atom. The lowest BCUT2D eigenvalue weighted by atomic mass is 9.87. The molecule has 1 N–H and O–H groups in total. The fourth-order valence-corrected chi connectivity index (χ4v) is 3.78. The summed E-state index contributed by atoms with van der Waals surface area (Å²) in [4.78, 5) is 7.31. The number of ether oxygens (including phenoxy) is 1. The van der Waals surface area contributed by atoms with Crippen LogP contribution < -0.4 is 5.32 Å². The second-order valence-corrected chi connectivity index (χ2v) is 6.71. The van der Waals surface area contributed by atoms with Crippen molar-refractivity contribution >= 4 is 5.96 Å². The standard InChI is InChI=1S/C17H29N3O/c1-2-18-16(19-10-7-15-5-3-4-6-15)20-11-8-17(13-20)9-12-21-14-17/h5H,2-4,6-14H2,1H3,(H,18,19). The molecule has 0 aromatic carbocycles. The molecule has 2 saturated heterocycles. The third-order valence-electron chi connectivity index (χ3n) is 5.09. The SMILES string of the molecule is CCNC(=NCCC1=CCCC1)N1CCC2(CCOC2)C1. The molecule has 2 aliphatic heterocycles. The van der Waals surface area contributed by atoms with E-state index in [9.17, 15) is 0 Å². The van der Waals surface area contributed by atoms with Crippen molar-refractivity contribution in [2.45, 2.75) is 45.4 Å². The average molecular weight is 291 g/mol. The minimum atomic E-state index is 0.407. The molecular formula is C17H29N3O. The minimum Gasteiger partial charge on any atom is -0.381 e. The number of nitrogens with zero attached hydrogens (tertiary/aromatic N) is 2. The lowest BCUT2D eigenvalue weighted by Gasteiger charge is -2.25. The highest BCUT2D eigenvalue weighted by molar-refractivity contribution is 5.80. The van der Waals surface area contributed by atoms with Gasteiger partial charge in [0.25, 0.3) is 0 Å². The number of allylic oxidation sites excluding steroid dienone is 1. The molecule has 0 saturated carbocycles. The maximum Gasteiger partial charge on any atom is 0.193 e. The number of aliphatic imine (C=N–C) groups is 1. The average Bonchev–Trinajstić information content (AvgIpc) is 3.22. The van der Waals surface area contributed by atoms with Crippen LogP contribution in [0.4, 0.5) is 0 Å². The van der Waals surface area contributed by atoms with E-state index >= 15 is 0 Å². The first kappa shape index (κ1) is 14.9. The lowest BCUT2D eigenvalue weighted by Crippen LogP contribution is -2.41. The number of likely N-dealkylation sites (tertiary alicyclic amines) is 1. The van der Waals surface area contributed by atoms with Gasteiger partial charge in [0.15, 0.2) is 5.96 Å². The van der Waals surface area contributed by atoms with Crippen molar-refractivity contribution in [2.75, 3.05) is 39.4 Å². The molecule has 1 unspecified atom stereocenters. The summed E-state index contributed by atoms with van der Waals surface area (Å²) in [7, 11) is 0. The first-order valence-electron chi connectivity index (χ1n) is 8.60. The number of nitrogens with one attached hydrogen (secondary N) is 1. The summed E-state index contributed by atoms with van der Waals surface area (Å²) in [6, 6.07) is 0. The molecule has 0 bridgehead atoms. The van der Waals surface area contributed by atoms with Crippen LogP contribution in [0, 0.1) is 5.41 Å². The zero-order valence-corrected chi connectivity index (χ0v) is 13.4. The van der Waals surface area contributed by atoms with Gasteiger partial charge in [-0.25, -0.2) is 0 Å². The summed E-state index contributed by atoms with van der Waals surface area (Å²) < 4.78 is 5.62. The topological polar surface area (TPSA) is 36.9 Å². The van der Waals surface area contributed by atoms with Gasteiger partial charge in [-0.2, -0.15) is 0 Å². The van der Waals surface area contributed by atoms with Gasteiger partial charge in [-0.3, -0.25) is 4.99 Å². The molecule has 4 nitrogen and oxygen atoms in total. The van der Waals surface area contributed by atoms with Crippen LogP contribution in [-0.2, 0) is 4.74 Å². The fraction of sp³-hybridized carbons (Fsp3) is 0.824. The van der Waals surface area contributed by atoms with Gasteiger partial charge in [-0.15, -0.1) is 0 Å². The molecule has 0 aromatic heterocycles. The van der Waals surface area contributed by atoms with Crippen molar-refractivity contribution in [2.24, 2.45) is 10.4 Å². The Bertz CT molecular complexity index is 410. The Balaban J connectivity index is 1.55. The normalized spacial score (nSPS) is 29.5. The quantitative estimate of drug-likeness (QED) is 0.491. The van der Waals surface area contributed by atoms with Gasteiger partial charge in [-0.1, -0.05) is 11.6 Å². The smallest absolute Gasteiger partial charge is 0.193 e. The predicted molar refractivity (Wildman–Crippen MR) is 86.6 cm³/mol. The third-order valence-corrected chi connectivity index (χ3v) is 5.09. The highest BCUT2D eigenvalue weighted by Gasteiger charge is 2.42. The van der Waals surface area contributed by atoms with Crippen molar-refractivity contribution in [1.29, 1.82) is 0 Å². The molecule has 0 amide bonds. The van der Waals surface area contributed by atoms with Crippen LogP contribution in [0.1, 0.15) is 45.4 Å². The van der Waals surface area contributed by atoms with Gasteiger partial charge in [0.1, 0.15) is 0 Å². The second-order valence-electron chi connectivity index (χ2n) is 6.71. The van der Waals surface area contributed by atoms with Gasteiger partial charge < -0.3 is 15.0 Å². The molecule has 0 aromatic rings. The molecule has 21 heavy (non-hydrogen) atoms. The molecule has 3 rings (SSSR count). The van der Waals surface area contributed by atoms with Crippen molar-refractivity contribution < 1.29 is 4.74 Å². The molecule has 3 aliphatic rings. The monoisotopic (exact) mass is 291 g/mol.